The third-order valence-corrected chi connectivity index (χ3v) is 4.61. The molecule has 0 aliphatic heterocycles. The van der Waals surface area contributed by atoms with E-state index in [1.807, 2.05) is 18.6 Å². The fraction of sp³-hybridized carbons (Fsp3) is 0.533. The van der Waals surface area contributed by atoms with E-state index in [9.17, 15) is 13.2 Å². The van der Waals surface area contributed by atoms with Gasteiger partial charge in [-0.1, -0.05) is 31.0 Å². The molecule has 1 aromatic rings. The predicted octanol–water partition coefficient (Wildman–Crippen LogP) is 2.83. The number of rotatable bonds is 9. The van der Waals surface area contributed by atoms with Gasteiger partial charge in [0, 0.05) is 6.61 Å². The number of alkyl halides is 1. The van der Waals surface area contributed by atoms with Crippen molar-refractivity contribution in [2.24, 2.45) is 0 Å². The third kappa shape index (κ3) is 7.20. The van der Waals surface area contributed by atoms with Crippen LogP contribution in [0.25, 0.3) is 0 Å². The molecule has 0 heterocycles. The van der Waals surface area contributed by atoms with Gasteiger partial charge in [0.1, 0.15) is 6.10 Å². The van der Waals surface area contributed by atoms with E-state index >= 15 is 0 Å². The number of sulfonamides is 1. The number of hydrogen-bond donors (Lipinski definition) is 1. The Hall–Kier alpha value is -1.31. The molecule has 1 rings (SSSR count). The van der Waals surface area contributed by atoms with Crippen LogP contribution in [-0.4, -0.2) is 39.7 Å². The van der Waals surface area contributed by atoms with Gasteiger partial charge in [-0.15, -0.1) is 11.6 Å². The zero-order chi connectivity index (χ0) is 17.3. The van der Waals surface area contributed by atoms with E-state index in [4.69, 9.17) is 21.1 Å². The lowest BCUT2D eigenvalue weighted by molar-refractivity contribution is 0.0313. The molecule has 0 saturated carbocycles. The summed E-state index contributed by atoms with van der Waals surface area (Å²) in [5.74, 6) is 0.0180. The molecule has 1 atom stereocenters. The van der Waals surface area contributed by atoms with Gasteiger partial charge in [0.05, 0.1) is 17.4 Å². The van der Waals surface area contributed by atoms with Crippen LogP contribution in [-0.2, 0) is 19.5 Å². The SMILES string of the molecule is CCCCOC[C@@H](CCl)OC(=O)NS(=O)(=O)c1ccc(C)cc1. The van der Waals surface area contributed by atoms with Crippen LogP contribution in [0.15, 0.2) is 29.2 Å². The number of halogens is 1. The highest BCUT2D eigenvalue weighted by atomic mass is 35.5. The molecular formula is C15H22ClNO5S. The summed E-state index contributed by atoms with van der Waals surface area (Å²) in [6.07, 6.45) is 0.0991. The van der Waals surface area contributed by atoms with Gasteiger partial charge in [0.25, 0.3) is 10.0 Å². The topological polar surface area (TPSA) is 81.7 Å². The highest BCUT2D eigenvalue weighted by molar-refractivity contribution is 7.90. The smallest absolute Gasteiger partial charge is 0.421 e. The fourth-order valence-electron chi connectivity index (χ4n) is 1.63. The van der Waals surface area contributed by atoms with Crippen molar-refractivity contribution in [2.75, 3.05) is 19.1 Å². The Morgan fingerprint density at radius 2 is 1.96 bits per heavy atom. The minimum Gasteiger partial charge on any atom is -0.442 e. The lowest BCUT2D eigenvalue weighted by atomic mass is 10.2. The number of aryl methyl sites for hydroxylation is 1. The van der Waals surface area contributed by atoms with Crippen molar-refractivity contribution in [1.29, 1.82) is 0 Å². The molecule has 0 bridgehead atoms. The molecule has 23 heavy (non-hydrogen) atoms. The average molecular weight is 364 g/mol. The molecule has 0 saturated heterocycles. The number of ether oxygens (including phenoxy) is 2. The number of carbonyl (C=O) groups excluding carboxylic acids is 1. The maximum atomic E-state index is 12.0. The van der Waals surface area contributed by atoms with Gasteiger partial charge >= 0.3 is 6.09 Å². The molecule has 0 aliphatic rings. The van der Waals surface area contributed by atoms with Crippen LogP contribution in [0.2, 0.25) is 0 Å². The Morgan fingerprint density at radius 3 is 2.52 bits per heavy atom. The summed E-state index contributed by atoms with van der Waals surface area (Å²) in [4.78, 5) is 11.7. The van der Waals surface area contributed by atoms with Gasteiger partial charge in [0.2, 0.25) is 0 Å². The van der Waals surface area contributed by atoms with Crippen molar-refractivity contribution in [3.05, 3.63) is 29.8 Å². The summed E-state index contributed by atoms with van der Waals surface area (Å²) >= 11 is 5.70. The molecular weight excluding hydrogens is 342 g/mol. The summed E-state index contributed by atoms with van der Waals surface area (Å²) in [6, 6.07) is 6.11. The second-order valence-electron chi connectivity index (χ2n) is 5.03. The number of amides is 1. The van der Waals surface area contributed by atoms with Gasteiger partial charge in [0.15, 0.2) is 0 Å². The first-order chi connectivity index (χ1) is 10.9. The third-order valence-electron chi connectivity index (χ3n) is 2.94. The summed E-state index contributed by atoms with van der Waals surface area (Å²) in [5.41, 5.74) is 0.915. The van der Waals surface area contributed by atoms with E-state index in [1.165, 1.54) is 12.1 Å². The minimum absolute atomic E-state index is 0.0123. The minimum atomic E-state index is -3.97. The molecule has 0 aliphatic carbocycles. The highest BCUT2D eigenvalue weighted by Crippen LogP contribution is 2.10. The van der Waals surface area contributed by atoms with Crippen LogP contribution in [0.5, 0.6) is 0 Å². The number of benzene rings is 1. The van der Waals surface area contributed by atoms with Gasteiger partial charge in [-0.3, -0.25) is 0 Å². The molecule has 1 amide bonds. The van der Waals surface area contributed by atoms with Crippen molar-refractivity contribution in [1.82, 2.24) is 4.72 Å². The Labute approximate surface area is 142 Å². The van der Waals surface area contributed by atoms with Crippen LogP contribution in [0.4, 0.5) is 4.79 Å². The normalized spacial score (nSPS) is 12.7. The van der Waals surface area contributed by atoms with Crippen molar-refractivity contribution >= 4 is 27.7 Å². The van der Waals surface area contributed by atoms with Crippen LogP contribution in [0.1, 0.15) is 25.3 Å². The van der Waals surface area contributed by atoms with Crippen molar-refractivity contribution in [3.63, 3.8) is 0 Å². The van der Waals surface area contributed by atoms with E-state index in [0.29, 0.717) is 6.61 Å². The van der Waals surface area contributed by atoms with Gasteiger partial charge in [-0.25, -0.2) is 17.9 Å². The molecule has 0 fully saturated rings. The first-order valence-corrected chi connectivity index (χ1v) is 9.34. The molecule has 130 valence electrons. The summed E-state index contributed by atoms with van der Waals surface area (Å²) in [5, 5.41) is 0. The standard InChI is InChI=1S/C15H22ClNO5S/c1-3-4-9-21-11-13(10-16)22-15(18)17-23(19,20)14-7-5-12(2)6-8-14/h5-8,13H,3-4,9-11H2,1-2H3,(H,17,18)/t13-/m1/s1. The first-order valence-electron chi connectivity index (χ1n) is 7.33. The molecule has 0 unspecified atom stereocenters. The second kappa shape index (κ2) is 9.75. The number of hydrogen-bond acceptors (Lipinski definition) is 5. The lowest BCUT2D eigenvalue weighted by Gasteiger charge is -2.16. The Morgan fingerprint density at radius 1 is 1.30 bits per heavy atom. The van der Waals surface area contributed by atoms with E-state index < -0.39 is 22.2 Å². The van der Waals surface area contributed by atoms with Crippen LogP contribution in [0, 0.1) is 6.92 Å². The summed E-state index contributed by atoms with van der Waals surface area (Å²) in [6.45, 7) is 4.53. The quantitative estimate of drug-likeness (QED) is 0.539. The van der Waals surface area contributed by atoms with Crippen molar-refractivity contribution in [2.45, 2.75) is 37.7 Å². The maximum Gasteiger partial charge on any atom is 0.421 e. The molecule has 6 nitrogen and oxygen atoms in total. The Bertz CT molecular complexity index is 588. The van der Waals surface area contributed by atoms with Gasteiger partial charge in [-0.2, -0.15) is 0 Å². The highest BCUT2D eigenvalue weighted by Gasteiger charge is 2.21. The molecule has 0 radical (unpaired) electrons. The fourth-order valence-corrected chi connectivity index (χ4v) is 2.66. The monoisotopic (exact) mass is 363 g/mol. The van der Waals surface area contributed by atoms with E-state index in [-0.39, 0.29) is 17.4 Å². The van der Waals surface area contributed by atoms with Crippen molar-refractivity contribution in [3.8, 4) is 0 Å². The zero-order valence-electron chi connectivity index (χ0n) is 13.2. The summed E-state index contributed by atoms with van der Waals surface area (Å²) < 4.78 is 36.2. The first kappa shape index (κ1) is 19.7. The van der Waals surface area contributed by atoms with Crippen LogP contribution >= 0.6 is 11.6 Å². The predicted molar refractivity (Wildman–Crippen MR) is 88.2 cm³/mol. The summed E-state index contributed by atoms with van der Waals surface area (Å²) in [7, 11) is -3.97. The number of carbonyl (C=O) groups is 1. The van der Waals surface area contributed by atoms with Gasteiger partial charge in [-0.05, 0) is 25.5 Å². The van der Waals surface area contributed by atoms with E-state index in [1.54, 1.807) is 12.1 Å². The van der Waals surface area contributed by atoms with E-state index in [2.05, 4.69) is 0 Å². The molecule has 1 N–H and O–H groups in total. The average Bonchev–Trinajstić information content (AvgIpc) is 2.50. The molecule has 8 heteroatoms. The largest absolute Gasteiger partial charge is 0.442 e. The molecule has 0 spiro atoms. The second-order valence-corrected chi connectivity index (χ2v) is 7.02. The lowest BCUT2D eigenvalue weighted by Crippen LogP contribution is -2.36. The number of nitrogens with one attached hydrogen (secondary N) is 1. The Kier molecular flexibility index (Phi) is 8.36. The maximum absolute atomic E-state index is 12.0. The number of unbranched alkanes of at least 4 members (excludes halogenated alkanes) is 1. The Balaban J connectivity index is 2.54. The van der Waals surface area contributed by atoms with Crippen LogP contribution < -0.4 is 4.72 Å². The molecule has 0 aromatic heterocycles. The van der Waals surface area contributed by atoms with Crippen molar-refractivity contribution < 1.29 is 22.7 Å². The van der Waals surface area contributed by atoms with E-state index in [0.717, 1.165) is 18.4 Å². The molecule has 1 aromatic carbocycles. The van der Waals surface area contributed by atoms with Crippen LogP contribution in [0.3, 0.4) is 0 Å². The zero-order valence-corrected chi connectivity index (χ0v) is 14.8. The van der Waals surface area contributed by atoms with Gasteiger partial charge < -0.3 is 9.47 Å².